The van der Waals surface area contributed by atoms with Crippen LogP contribution in [0.2, 0.25) is 0 Å². The molecule has 3 heteroatoms. The van der Waals surface area contributed by atoms with Gasteiger partial charge in [-0.2, -0.15) is 0 Å². The van der Waals surface area contributed by atoms with Crippen LogP contribution in [-0.4, -0.2) is 37.7 Å². The van der Waals surface area contributed by atoms with Crippen molar-refractivity contribution in [3.05, 3.63) is 23.3 Å². The van der Waals surface area contributed by atoms with E-state index in [1.807, 2.05) is 0 Å². The first-order valence-electron chi connectivity index (χ1n) is 8.14. The number of methoxy groups -OCH3 is 2. The molecule has 1 aromatic rings. The van der Waals surface area contributed by atoms with Gasteiger partial charge in [0.25, 0.3) is 0 Å². The van der Waals surface area contributed by atoms with E-state index in [9.17, 15) is 0 Å². The van der Waals surface area contributed by atoms with E-state index in [4.69, 9.17) is 9.47 Å². The minimum atomic E-state index is 0.617. The average molecular weight is 291 g/mol. The summed E-state index contributed by atoms with van der Waals surface area (Å²) in [5.74, 6) is 1.70. The van der Waals surface area contributed by atoms with Crippen molar-refractivity contribution in [2.75, 3.05) is 20.8 Å². The van der Waals surface area contributed by atoms with Crippen LogP contribution in [0.4, 0.5) is 0 Å². The molecule has 118 valence electrons. The fourth-order valence-corrected chi connectivity index (χ4v) is 3.41. The molecule has 1 aliphatic rings. The van der Waals surface area contributed by atoms with Crippen LogP contribution in [0, 0.1) is 0 Å². The van der Waals surface area contributed by atoms with Crippen LogP contribution < -0.4 is 9.47 Å². The van der Waals surface area contributed by atoms with E-state index >= 15 is 0 Å². The SMILES string of the molecule is CCCN(C1Cc2cc(OC)c(OC)cc2C1)[C@@H](C)CC. The Labute approximate surface area is 129 Å². The predicted octanol–water partition coefficient (Wildman–Crippen LogP) is 3.68. The molecule has 0 fully saturated rings. The smallest absolute Gasteiger partial charge is 0.161 e. The van der Waals surface area contributed by atoms with Crippen LogP contribution in [-0.2, 0) is 12.8 Å². The summed E-state index contributed by atoms with van der Waals surface area (Å²) in [7, 11) is 3.42. The van der Waals surface area contributed by atoms with Gasteiger partial charge in [0, 0.05) is 12.1 Å². The third-order valence-corrected chi connectivity index (χ3v) is 4.72. The van der Waals surface area contributed by atoms with Crippen LogP contribution in [0.5, 0.6) is 11.5 Å². The van der Waals surface area contributed by atoms with Crippen molar-refractivity contribution in [1.29, 1.82) is 0 Å². The maximum absolute atomic E-state index is 5.43. The second-order valence-corrected chi connectivity index (χ2v) is 6.03. The van der Waals surface area contributed by atoms with Gasteiger partial charge in [-0.1, -0.05) is 13.8 Å². The molecule has 1 aliphatic carbocycles. The maximum atomic E-state index is 5.43. The summed E-state index contributed by atoms with van der Waals surface area (Å²) in [5, 5.41) is 0. The summed E-state index contributed by atoms with van der Waals surface area (Å²) in [6.07, 6.45) is 4.67. The van der Waals surface area contributed by atoms with Gasteiger partial charge in [0.15, 0.2) is 11.5 Å². The van der Waals surface area contributed by atoms with Crippen molar-refractivity contribution in [2.24, 2.45) is 0 Å². The quantitative estimate of drug-likeness (QED) is 0.765. The Hall–Kier alpha value is -1.22. The van der Waals surface area contributed by atoms with Gasteiger partial charge in [-0.25, -0.2) is 0 Å². The number of rotatable bonds is 7. The van der Waals surface area contributed by atoms with E-state index in [-0.39, 0.29) is 0 Å². The first-order chi connectivity index (χ1) is 10.1. The zero-order chi connectivity index (χ0) is 15.4. The zero-order valence-corrected chi connectivity index (χ0v) is 14.1. The molecule has 0 saturated carbocycles. The lowest BCUT2D eigenvalue weighted by atomic mass is 10.1. The van der Waals surface area contributed by atoms with E-state index in [1.54, 1.807) is 14.2 Å². The molecular formula is C18H29NO2. The Morgan fingerprint density at radius 2 is 1.62 bits per heavy atom. The number of benzene rings is 1. The molecule has 0 heterocycles. The van der Waals surface area contributed by atoms with E-state index in [0.717, 1.165) is 24.3 Å². The highest BCUT2D eigenvalue weighted by molar-refractivity contribution is 5.49. The van der Waals surface area contributed by atoms with Gasteiger partial charge in [-0.05, 0) is 62.4 Å². The first-order valence-corrected chi connectivity index (χ1v) is 8.14. The van der Waals surface area contributed by atoms with Crippen LogP contribution in [0.25, 0.3) is 0 Å². The molecule has 0 unspecified atom stereocenters. The zero-order valence-electron chi connectivity index (χ0n) is 14.1. The van der Waals surface area contributed by atoms with E-state index in [0.29, 0.717) is 12.1 Å². The normalized spacial score (nSPS) is 16.1. The Balaban J connectivity index is 2.21. The molecule has 0 spiro atoms. The fourth-order valence-electron chi connectivity index (χ4n) is 3.41. The van der Waals surface area contributed by atoms with Crippen molar-refractivity contribution in [3.8, 4) is 11.5 Å². The second kappa shape index (κ2) is 7.17. The van der Waals surface area contributed by atoms with Crippen LogP contribution >= 0.6 is 0 Å². The third-order valence-electron chi connectivity index (χ3n) is 4.72. The monoisotopic (exact) mass is 291 g/mol. The molecule has 0 bridgehead atoms. The van der Waals surface area contributed by atoms with Gasteiger partial charge < -0.3 is 9.47 Å². The number of fused-ring (bicyclic) bond motifs is 1. The van der Waals surface area contributed by atoms with Crippen molar-refractivity contribution in [1.82, 2.24) is 4.90 Å². The summed E-state index contributed by atoms with van der Waals surface area (Å²) < 4.78 is 10.9. The minimum absolute atomic E-state index is 0.617. The Morgan fingerprint density at radius 3 is 2.00 bits per heavy atom. The largest absolute Gasteiger partial charge is 0.493 e. The Bertz CT molecular complexity index is 440. The van der Waals surface area contributed by atoms with Gasteiger partial charge in [0.05, 0.1) is 14.2 Å². The number of ether oxygens (including phenoxy) is 2. The van der Waals surface area contributed by atoms with E-state index < -0.39 is 0 Å². The van der Waals surface area contributed by atoms with E-state index in [1.165, 1.54) is 30.5 Å². The molecule has 0 amide bonds. The van der Waals surface area contributed by atoms with Gasteiger partial charge in [-0.3, -0.25) is 4.90 Å². The lowest BCUT2D eigenvalue weighted by Gasteiger charge is -2.33. The van der Waals surface area contributed by atoms with Crippen LogP contribution in [0.1, 0.15) is 44.7 Å². The molecule has 1 atom stereocenters. The lowest BCUT2D eigenvalue weighted by molar-refractivity contribution is 0.144. The molecule has 3 nitrogen and oxygen atoms in total. The molecule has 0 aromatic heterocycles. The first kappa shape index (κ1) is 16.2. The summed E-state index contributed by atoms with van der Waals surface area (Å²) in [4.78, 5) is 2.68. The Kier molecular flexibility index (Phi) is 5.51. The number of nitrogens with zero attached hydrogens (tertiary/aromatic N) is 1. The maximum Gasteiger partial charge on any atom is 0.161 e. The highest BCUT2D eigenvalue weighted by atomic mass is 16.5. The van der Waals surface area contributed by atoms with Crippen molar-refractivity contribution < 1.29 is 9.47 Å². The number of hydrogen-bond acceptors (Lipinski definition) is 3. The van der Waals surface area contributed by atoms with Gasteiger partial charge in [0.2, 0.25) is 0 Å². The van der Waals surface area contributed by atoms with Gasteiger partial charge in [-0.15, -0.1) is 0 Å². The summed E-state index contributed by atoms with van der Waals surface area (Å²) in [5.41, 5.74) is 2.84. The van der Waals surface area contributed by atoms with Crippen LogP contribution in [0.15, 0.2) is 12.1 Å². The molecule has 0 aliphatic heterocycles. The predicted molar refractivity (Wildman–Crippen MR) is 87.5 cm³/mol. The van der Waals surface area contributed by atoms with Crippen molar-refractivity contribution >= 4 is 0 Å². The fraction of sp³-hybridized carbons (Fsp3) is 0.667. The topological polar surface area (TPSA) is 21.7 Å². The molecule has 0 radical (unpaired) electrons. The average Bonchev–Trinajstić information content (AvgIpc) is 2.92. The highest BCUT2D eigenvalue weighted by Gasteiger charge is 2.29. The molecule has 21 heavy (non-hydrogen) atoms. The molecule has 0 N–H and O–H groups in total. The molecule has 0 saturated heterocycles. The van der Waals surface area contributed by atoms with Crippen molar-refractivity contribution in [2.45, 2.75) is 58.5 Å². The minimum Gasteiger partial charge on any atom is -0.493 e. The Morgan fingerprint density at radius 1 is 1.10 bits per heavy atom. The summed E-state index contributed by atoms with van der Waals surface area (Å²) in [6.45, 7) is 8.08. The number of hydrogen-bond donors (Lipinski definition) is 0. The van der Waals surface area contributed by atoms with Gasteiger partial charge in [0.1, 0.15) is 0 Å². The lowest BCUT2D eigenvalue weighted by Crippen LogP contribution is -2.42. The molecule has 1 aromatic carbocycles. The third kappa shape index (κ3) is 3.34. The molecule has 2 rings (SSSR count). The summed E-state index contributed by atoms with van der Waals surface area (Å²) >= 11 is 0. The van der Waals surface area contributed by atoms with Crippen molar-refractivity contribution in [3.63, 3.8) is 0 Å². The van der Waals surface area contributed by atoms with Crippen LogP contribution in [0.3, 0.4) is 0 Å². The second-order valence-electron chi connectivity index (χ2n) is 6.03. The van der Waals surface area contributed by atoms with E-state index in [2.05, 4.69) is 37.8 Å². The summed E-state index contributed by atoms with van der Waals surface area (Å²) in [6, 6.07) is 5.59. The highest BCUT2D eigenvalue weighted by Crippen LogP contribution is 2.36. The van der Waals surface area contributed by atoms with Gasteiger partial charge >= 0.3 is 0 Å². The molecular weight excluding hydrogens is 262 g/mol. The standard InChI is InChI=1S/C18H29NO2/c1-6-8-19(13(3)7-2)16-9-14-11-17(20-4)18(21-5)12-15(14)10-16/h11-13,16H,6-10H2,1-5H3/t13-/m0/s1.